The number of methoxy groups -OCH3 is 3. The number of alkyl halides is 2. The van der Waals surface area contributed by atoms with E-state index < -0.39 is 31.2 Å². The molecule has 0 N–H and O–H groups in total. The second-order valence-electron chi connectivity index (χ2n) is 33.9. The van der Waals surface area contributed by atoms with E-state index in [0.29, 0.717) is 82.9 Å². The van der Waals surface area contributed by atoms with E-state index >= 15 is 0 Å². The molecule has 6 aliphatic heterocycles. The molecule has 624 valence electrons. The van der Waals surface area contributed by atoms with Gasteiger partial charge in [-0.2, -0.15) is 0 Å². The number of aryl methyl sites for hydroxylation is 6. The zero-order chi connectivity index (χ0) is 84.6. The van der Waals surface area contributed by atoms with Gasteiger partial charge >= 0.3 is 18.3 Å². The Kier molecular flexibility index (Phi) is 25.3. The monoisotopic (exact) mass is 1610 g/mol. The van der Waals surface area contributed by atoms with Crippen molar-refractivity contribution < 1.29 is 51.6 Å². The number of rotatable bonds is 21. The highest BCUT2D eigenvalue weighted by molar-refractivity contribution is 5.78. The molecule has 9 aromatic rings. The Labute approximate surface area is 692 Å². The summed E-state index contributed by atoms with van der Waals surface area (Å²) in [6.45, 7) is 38.3. The first-order valence-electron chi connectivity index (χ1n) is 41.2. The van der Waals surface area contributed by atoms with Gasteiger partial charge in [0.25, 0.3) is 5.92 Å². The molecule has 0 aliphatic carbocycles. The van der Waals surface area contributed by atoms with Gasteiger partial charge in [-0.3, -0.25) is 14.7 Å². The smallest absolute Gasteiger partial charge is 0.411 e. The summed E-state index contributed by atoms with van der Waals surface area (Å²) in [4.78, 5) is 93.4. The fourth-order valence-electron chi connectivity index (χ4n) is 17.0. The Morgan fingerprint density at radius 1 is 0.407 bits per heavy atom. The molecule has 0 spiro atoms. The molecule has 6 fully saturated rings. The van der Waals surface area contributed by atoms with E-state index in [4.69, 9.17) is 53.3 Å². The molecule has 9 atom stereocenters. The topological polar surface area (TPSA) is 242 Å². The van der Waals surface area contributed by atoms with E-state index in [0.717, 1.165) is 133 Å². The van der Waals surface area contributed by atoms with Crippen molar-refractivity contribution in [1.29, 1.82) is 0 Å². The van der Waals surface area contributed by atoms with Crippen molar-refractivity contribution in [3.05, 3.63) is 194 Å². The first-order chi connectivity index (χ1) is 56.2. The Balaban J connectivity index is 0.000000153. The van der Waals surface area contributed by atoms with Crippen LogP contribution in [-0.4, -0.2) is 161 Å². The normalized spacial score (nSPS) is 21.4. The predicted octanol–water partition coefficient (Wildman–Crippen LogP) is 18.9. The second kappa shape index (κ2) is 35.2. The number of cyclic esters (lactones) is 3. The number of amides is 3. The van der Waals surface area contributed by atoms with E-state index in [9.17, 15) is 23.2 Å². The lowest BCUT2D eigenvalue weighted by Crippen LogP contribution is -2.57. The Hall–Kier alpha value is -11.2. The zero-order valence-electron chi connectivity index (χ0n) is 72.0. The molecule has 6 aromatic heterocycles. The number of carbonyl (C=O) groups excluding carboxylic acids is 3. The first-order valence-corrected chi connectivity index (χ1v) is 41.2. The molecular weight excluding hydrogens is 1500 g/mol. The summed E-state index contributed by atoms with van der Waals surface area (Å²) in [5.74, 6) is 1.00. The number of anilines is 3. The minimum absolute atomic E-state index is 0.103. The van der Waals surface area contributed by atoms with Gasteiger partial charge in [0.1, 0.15) is 18.3 Å². The SMILES string of the molecule is COc1ncc(C(C)C)cc1-c1cnc(N2CC(F)(F)C2)nc1CN1C(=O)O[C@H](c2cc(C)cc(C)c2)[C@@H]1C.COc1ncc(C(C)C)cc1-c1cnc(N2CCC[C@@H]2C)nc1CN1C(=O)O[C@H](c2cc(C)cc(C)c2)[C@@H]1C.COc1ncc(C(C)C)cc1-c1cnc(N2[C@H](C)CC[C@H]2C)nc1CN1C(=O)O[C@H](c2cc(C)cc(C)c2)[C@@H]1C. The number of pyridine rings is 3. The first kappa shape index (κ1) is 84.7. The van der Waals surface area contributed by atoms with Crippen LogP contribution in [0.1, 0.15) is 229 Å². The molecule has 24 nitrogen and oxygen atoms in total. The Bertz CT molecular complexity index is 5120. The fraction of sp³-hybridized carbons (Fsp3) is 0.478. The molecule has 26 heteroatoms. The van der Waals surface area contributed by atoms with Crippen LogP contribution in [-0.2, 0) is 33.8 Å². The number of hydrogen-bond donors (Lipinski definition) is 0. The van der Waals surface area contributed by atoms with Crippen molar-refractivity contribution in [2.45, 2.75) is 248 Å². The summed E-state index contributed by atoms with van der Waals surface area (Å²) in [5, 5.41) is 0. The van der Waals surface area contributed by atoms with Crippen molar-refractivity contribution in [2.75, 3.05) is 55.7 Å². The largest absolute Gasteiger partial charge is 0.481 e. The molecule has 12 heterocycles. The number of ether oxygens (including phenoxy) is 6. The number of halogens is 2. The summed E-state index contributed by atoms with van der Waals surface area (Å²) >= 11 is 0. The van der Waals surface area contributed by atoms with Crippen LogP contribution in [0.4, 0.5) is 41.0 Å². The number of nitrogens with zero attached hydrogens (tertiary/aromatic N) is 15. The summed E-state index contributed by atoms with van der Waals surface area (Å²) < 4.78 is 61.9. The highest BCUT2D eigenvalue weighted by Crippen LogP contribution is 2.44. The average molecular weight is 1610 g/mol. The summed E-state index contributed by atoms with van der Waals surface area (Å²) in [6.07, 6.45) is 12.9. The van der Waals surface area contributed by atoms with Crippen LogP contribution in [0.2, 0.25) is 0 Å². The van der Waals surface area contributed by atoms with Crippen molar-refractivity contribution >= 4 is 36.1 Å². The Morgan fingerprint density at radius 2 is 0.720 bits per heavy atom. The Morgan fingerprint density at radius 3 is 1.03 bits per heavy atom. The lowest BCUT2D eigenvalue weighted by molar-refractivity contribution is -0.0272. The van der Waals surface area contributed by atoms with Crippen molar-refractivity contribution in [1.82, 2.24) is 59.6 Å². The average Bonchev–Trinajstić information content (AvgIpc) is 1.55. The zero-order valence-corrected chi connectivity index (χ0v) is 72.0. The molecule has 0 bridgehead atoms. The summed E-state index contributed by atoms with van der Waals surface area (Å²) in [5.41, 5.74) is 19.5. The van der Waals surface area contributed by atoms with Crippen LogP contribution >= 0.6 is 0 Å². The van der Waals surface area contributed by atoms with Crippen LogP contribution in [0, 0.1) is 41.5 Å². The molecule has 15 rings (SSSR count). The van der Waals surface area contributed by atoms with Gasteiger partial charge in [0.15, 0.2) is 0 Å². The third-order valence-corrected chi connectivity index (χ3v) is 23.6. The number of carbonyl (C=O) groups is 3. The van der Waals surface area contributed by atoms with Crippen LogP contribution in [0.25, 0.3) is 33.4 Å². The van der Waals surface area contributed by atoms with Crippen molar-refractivity contribution in [3.63, 3.8) is 0 Å². The third kappa shape index (κ3) is 18.1. The molecule has 6 saturated heterocycles. The highest BCUT2D eigenvalue weighted by atomic mass is 19.3. The van der Waals surface area contributed by atoms with Gasteiger partial charge < -0.3 is 43.1 Å². The molecule has 6 aliphatic rings. The third-order valence-electron chi connectivity index (χ3n) is 23.6. The lowest BCUT2D eigenvalue weighted by atomic mass is 9.98. The quantitative estimate of drug-likeness (QED) is 0.0607. The summed E-state index contributed by atoms with van der Waals surface area (Å²) in [6, 6.07) is 25.4. The minimum Gasteiger partial charge on any atom is -0.481 e. The van der Waals surface area contributed by atoms with Crippen LogP contribution in [0.5, 0.6) is 17.6 Å². The van der Waals surface area contributed by atoms with Gasteiger partial charge in [0, 0.05) is 95.2 Å². The number of benzene rings is 3. The number of aromatic nitrogens is 9. The van der Waals surface area contributed by atoms with Crippen LogP contribution in [0.15, 0.2) is 110 Å². The van der Waals surface area contributed by atoms with Gasteiger partial charge in [-0.1, -0.05) is 130 Å². The maximum absolute atomic E-state index is 13.6. The van der Waals surface area contributed by atoms with E-state index in [-0.39, 0.29) is 67.5 Å². The van der Waals surface area contributed by atoms with Crippen molar-refractivity contribution in [3.8, 4) is 51.0 Å². The van der Waals surface area contributed by atoms with E-state index in [1.54, 1.807) is 41.3 Å². The van der Waals surface area contributed by atoms with E-state index in [1.165, 1.54) is 12.0 Å². The van der Waals surface area contributed by atoms with Gasteiger partial charge in [-0.25, -0.2) is 68.0 Å². The van der Waals surface area contributed by atoms with Crippen LogP contribution in [0.3, 0.4) is 0 Å². The second-order valence-corrected chi connectivity index (χ2v) is 33.9. The molecule has 0 unspecified atom stereocenters. The molecule has 0 saturated carbocycles. The standard InChI is InChI=1S/C32H41N5O3.C31H39N5O3.C29H33F2N5O3/c1-18(2)25-14-26(30(39-8)33-15-25)27-16-34-31(37-21(5)9-10-22(37)6)35-28(27)17-36-23(7)29(40-32(36)38)24-12-19(3)11-20(4)13-24;1-18(2)24-14-25(29(38-7)32-15-24)26-16-33-30(35-10-8-9-21(35)5)34-27(26)17-36-22(6)28(39-31(36)37)23-12-19(3)11-20(4)13-23;1-16(2)21-10-22(26(38-6)32-11-21)23-12-33-27(35-14-29(30,31)15-35)34-24(23)13-36-19(5)25(39-28(36)37)20-8-17(3)7-18(4)9-20/h11-16,18,21-23,29H,9-10,17H2,1-8H3;11-16,18,21-22,28H,8-10,17H2,1-7H3;7-12,16,19,25H,13-15H2,1-6H3/t21-,22-,23+,29+;21-,22-,28-;19-,25-/m100/s1. The lowest BCUT2D eigenvalue weighted by Gasteiger charge is -2.38. The fourth-order valence-corrected chi connectivity index (χ4v) is 17.0. The molecule has 3 aromatic carbocycles. The van der Waals surface area contributed by atoms with Gasteiger partial charge in [0.05, 0.1) is 89.3 Å². The van der Waals surface area contributed by atoms with Gasteiger partial charge in [-0.15, -0.1) is 0 Å². The summed E-state index contributed by atoms with van der Waals surface area (Å²) in [7, 11) is 4.78. The molecule has 118 heavy (non-hydrogen) atoms. The van der Waals surface area contributed by atoms with E-state index in [2.05, 4.69) is 174 Å². The van der Waals surface area contributed by atoms with Crippen LogP contribution < -0.4 is 28.9 Å². The molecule has 0 radical (unpaired) electrons. The molecular formula is C92H113F2N15O9. The van der Waals surface area contributed by atoms with Gasteiger partial charge in [0.2, 0.25) is 35.5 Å². The maximum Gasteiger partial charge on any atom is 0.411 e. The maximum atomic E-state index is 13.6. The van der Waals surface area contributed by atoms with Crippen molar-refractivity contribution in [2.24, 2.45) is 0 Å². The number of hydrogen-bond acceptors (Lipinski definition) is 21. The van der Waals surface area contributed by atoms with Gasteiger partial charge in [-0.05, 0) is 178 Å². The predicted molar refractivity (Wildman–Crippen MR) is 452 cm³/mol. The highest BCUT2D eigenvalue weighted by Gasteiger charge is 2.47. The minimum atomic E-state index is -2.77. The van der Waals surface area contributed by atoms with E-state index in [1.807, 2.05) is 77.6 Å². The molecule has 3 amide bonds.